The molecule has 2 aromatic carbocycles. The molecule has 0 atom stereocenters. The average molecular weight is 343 g/mol. The van der Waals surface area contributed by atoms with Gasteiger partial charge in [-0.15, -0.1) is 0 Å². The first-order valence-electron chi connectivity index (χ1n) is 8.04. The van der Waals surface area contributed by atoms with Gasteiger partial charge in [0.05, 0.1) is 26.3 Å². The van der Waals surface area contributed by atoms with Crippen molar-refractivity contribution in [3.05, 3.63) is 71.3 Å². The number of carbonyl (C=O) groups is 2. The normalized spacial score (nSPS) is 9.56. The summed E-state index contributed by atoms with van der Waals surface area (Å²) < 4.78 is 9.21. The fourth-order valence-electron chi connectivity index (χ4n) is 2.07. The molecule has 0 radical (unpaired) electrons. The SMILES string of the molecule is COC(=O)CNCCc1ccccc1C(=O)OC.Cc1ccccc1. The highest BCUT2D eigenvalue weighted by Crippen LogP contribution is 2.10. The Morgan fingerprint density at radius 1 is 0.920 bits per heavy atom. The fourth-order valence-corrected chi connectivity index (χ4v) is 2.07. The Labute approximate surface area is 149 Å². The second-order valence-electron chi connectivity index (χ2n) is 5.31. The topological polar surface area (TPSA) is 64.6 Å². The van der Waals surface area contributed by atoms with Crippen LogP contribution < -0.4 is 5.32 Å². The number of hydrogen-bond donors (Lipinski definition) is 1. The van der Waals surface area contributed by atoms with Crippen LogP contribution in [0.1, 0.15) is 21.5 Å². The van der Waals surface area contributed by atoms with E-state index in [9.17, 15) is 9.59 Å². The van der Waals surface area contributed by atoms with Gasteiger partial charge >= 0.3 is 11.9 Å². The Balaban J connectivity index is 0.000000370. The van der Waals surface area contributed by atoms with Gasteiger partial charge in [0.2, 0.25) is 0 Å². The molecule has 134 valence electrons. The molecule has 0 spiro atoms. The first-order chi connectivity index (χ1) is 12.1. The number of nitrogens with one attached hydrogen (secondary N) is 1. The van der Waals surface area contributed by atoms with E-state index in [0.29, 0.717) is 18.5 Å². The van der Waals surface area contributed by atoms with Gasteiger partial charge in [0.25, 0.3) is 0 Å². The van der Waals surface area contributed by atoms with Gasteiger partial charge in [0, 0.05) is 0 Å². The fraction of sp³-hybridized carbons (Fsp3) is 0.300. The Morgan fingerprint density at radius 2 is 1.56 bits per heavy atom. The molecule has 25 heavy (non-hydrogen) atoms. The molecule has 0 saturated carbocycles. The van der Waals surface area contributed by atoms with Crippen LogP contribution >= 0.6 is 0 Å². The highest BCUT2D eigenvalue weighted by Gasteiger charge is 2.10. The molecular weight excluding hydrogens is 318 g/mol. The molecule has 0 bridgehead atoms. The second kappa shape index (κ2) is 11.8. The van der Waals surface area contributed by atoms with Crippen molar-refractivity contribution in [3.63, 3.8) is 0 Å². The third-order valence-electron chi connectivity index (χ3n) is 3.43. The number of rotatable bonds is 6. The van der Waals surface area contributed by atoms with Crippen LogP contribution in [0.2, 0.25) is 0 Å². The number of aryl methyl sites for hydroxylation is 1. The van der Waals surface area contributed by atoms with Gasteiger partial charge in [-0.1, -0.05) is 54.1 Å². The third kappa shape index (κ3) is 8.13. The maximum absolute atomic E-state index is 11.5. The molecule has 1 N–H and O–H groups in total. The zero-order valence-electron chi connectivity index (χ0n) is 15.0. The number of benzene rings is 2. The summed E-state index contributed by atoms with van der Waals surface area (Å²) in [6.07, 6.45) is 0.641. The summed E-state index contributed by atoms with van der Waals surface area (Å²) >= 11 is 0. The van der Waals surface area contributed by atoms with Crippen LogP contribution in [0.4, 0.5) is 0 Å². The second-order valence-corrected chi connectivity index (χ2v) is 5.31. The number of ether oxygens (including phenoxy) is 2. The number of esters is 2. The van der Waals surface area contributed by atoms with Gasteiger partial charge in [0.1, 0.15) is 0 Å². The van der Waals surface area contributed by atoms with Gasteiger partial charge in [-0.25, -0.2) is 4.79 Å². The summed E-state index contributed by atoms with van der Waals surface area (Å²) in [6.45, 7) is 2.83. The minimum atomic E-state index is -0.349. The zero-order valence-corrected chi connectivity index (χ0v) is 15.0. The van der Waals surface area contributed by atoms with Crippen molar-refractivity contribution < 1.29 is 19.1 Å². The molecule has 2 aromatic rings. The summed E-state index contributed by atoms with van der Waals surface area (Å²) in [6, 6.07) is 17.5. The third-order valence-corrected chi connectivity index (χ3v) is 3.43. The van der Waals surface area contributed by atoms with Crippen molar-refractivity contribution in [2.75, 3.05) is 27.3 Å². The van der Waals surface area contributed by atoms with Crippen LogP contribution in [0.3, 0.4) is 0 Å². The van der Waals surface area contributed by atoms with E-state index in [1.807, 2.05) is 30.3 Å². The van der Waals surface area contributed by atoms with Crippen molar-refractivity contribution in [2.45, 2.75) is 13.3 Å². The lowest BCUT2D eigenvalue weighted by Crippen LogP contribution is -2.26. The van der Waals surface area contributed by atoms with Crippen LogP contribution in [0.15, 0.2) is 54.6 Å². The van der Waals surface area contributed by atoms with E-state index in [-0.39, 0.29) is 18.5 Å². The lowest BCUT2D eigenvalue weighted by atomic mass is 10.0. The van der Waals surface area contributed by atoms with E-state index in [2.05, 4.69) is 29.1 Å². The summed E-state index contributed by atoms with van der Waals surface area (Å²) in [5.41, 5.74) is 2.77. The molecule has 0 heterocycles. The van der Waals surface area contributed by atoms with Crippen molar-refractivity contribution in [3.8, 4) is 0 Å². The van der Waals surface area contributed by atoms with Crippen LogP contribution in [0.25, 0.3) is 0 Å². The average Bonchev–Trinajstić information content (AvgIpc) is 2.65. The van der Waals surface area contributed by atoms with Crippen LogP contribution in [0, 0.1) is 6.92 Å². The van der Waals surface area contributed by atoms with Crippen molar-refractivity contribution >= 4 is 11.9 Å². The first-order valence-corrected chi connectivity index (χ1v) is 8.04. The van der Waals surface area contributed by atoms with Gasteiger partial charge in [-0.2, -0.15) is 0 Å². The number of methoxy groups -OCH3 is 2. The molecule has 0 saturated heterocycles. The lowest BCUT2D eigenvalue weighted by molar-refractivity contribution is -0.139. The van der Waals surface area contributed by atoms with Gasteiger partial charge in [-0.05, 0) is 31.5 Å². The van der Waals surface area contributed by atoms with E-state index < -0.39 is 0 Å². The quantitative estimate of drug-likeness (QED) is 0.645. The maximum Gasteiger partial charge on any atom is 0.338 e. The Bertz CT molecular complexity index is 656. The van der Waals surface area contributed by atoms with E-state index in [1.165, 1.54) is 19.8 Å². The standard InChI is InChI=1S/C13H17NO4.C7H8/c1-17-12(15)9-14-8-7-10-5-3-4-6-11(10)13(16)18-2;1-7-5-3-2-4-6-7/h3-6,14H,7-9H2,1-2H3;2-6H,1H3. The van der Waals surface area contributed by atoms with E-state index in [0.717, 1.165) is 5.56 Å². The smallest absolute Gasteiger partial charge is 0.338 e. The van der Waals surface area contributed by atoms with Gasteiger partial charge in [-0.3, -0.25) is 4.79 Å². The van der Waals surface area contributed by atoms with Crippen LogP contribution in [-0.2, 0) is 20.7 Å². The summed E-state index contributed by atoms with van der Waals surface area (Å²) in [5.74, 6) is -0.658. The van der Waals surface area contributed by atoms with Crippen molar-refractivity contribution in [1.29, 1.82) is 0 Å². The molecule has 2 rings (SSSR count). The zero-order chi connectivity index (χ0) is 18.5. The molecule has 0 fully saturated rings. The predicted octanol–water partition coefficient (Wildman–Crippen LogP) is 2.77. The molecule has 5 heteroatoms. The monoisotopic (exact) mass is 343 g/mol. The van der Waals surface area contributed by atoms with Crippen LogP contribution in [-0.4, -0.2) is 39.2 Å². The highest BCUT2D eigenvalue weighted by molar-refractivity contribution is 5.90. The molecule has 0 aromatic heterocycles. The van der Waals surface area contributed by atoms with Crippen molar-refractivity contribution in [1.82, 2.24) is 5.32 Å². The molecule has 0 aliphatic rings. The molecule has 0 aliphatic carbocycles. The molecule has 0 unspecified atom stereocenters. The van der Waals surface area contributed by atoms with E-state index in [4.69, 9.17) is 4.74 Å². The minimum absolute atomic E-state index is 0.164. The molecule has 0 aliphatic heterocycles. The summed E-state index contributed by atoms with van der Waals surface area (Å²) in [4.78, 5) is 22.4. The number of hydrogen-bond acceptors (Lipinski definition) is 5. The van der Waals surface area contributed by atoms with Gasteiger partial charge < -0.3 is 14.8 Å². The Morgan fingerprint density at radius 3 is 2.12 bits per heavy atom. The molecular formula is C20H25NO4. The Kier molecular flexibility index (Phi) is 9.63. The highest BCUT2D eigenvalue weighted by atomic mass is 16.5. The van der Waals surface area contributed by atoms with E-state index >= 15 is 0 Å². The van der Waals surface area contributed by atoms with Crippen molar-refractivity contribution in [2.24, 2.45) is 0 Å². The first kappa shape index (κ1) is 20.4. The molecule has 5 nitrogen and oxygen atoms in total. The number of carbonyl (C=O) groups excluding carboxylic acids is 2. The van der Waals surface area contributed by atoms with Crippen LogP contribution in [0.5, 0.6) is 0 Å². The Hall–Kier alpha value is -2.66. The summed E-state index contributed by atoms with van der Waals surface area (Å²) in [5, 5.41) is 2.94. The van der Waals surface area contributed by atoms with Gasteiger partial charge in [0.15, 0.2) is 0 Å². The minimum Gasteiger partial charge on any atom is -0.468 e. The lowest BCUT2D eigenvalue weighted by Gasteiger charge is -2.08. The summed E-state index contributed by atoms with van der Waals surface area (Å²) in [7, 11) is 2.70. The maximum atomic E-state index is 11.5. The largest absolute Gasteiger partial charge is 0.468 e. The predicted molar refractivity (Wildman–Crippen MR) is 97.6 cm³/mol. The molecule has 0 amide bonds. The van der Waals surface area contributed by atoms with E-state index in [1.54, 1.807) is 12.1 Å².